The molecule has 6 rings (SSSR count). The number of aromatic nitrogens is 4. The van der Waals surface area contributed by atoms with Crippen LogP contribution in [-0.4, -0.2) is 49.7 Å². The second kappa shape index (κ2) is 7.70. The van der Waals surface area contributed by atoms with Crippen LogP contribution in [0.3, 0.4) is 0 Å². The summed E-state index contributed by atoms with van der Waals surface area (Å²) in [6, 6.07) is 7.40. The number of ether oxygens (including phenoxy) is 1. The molecule has 7 nitrogen and oxygen atoms in total. The molecule has 3 aliphatic heterocycles. The van der Waals surface area contributed by atoms with Gasteiger partial charge in [-0.15, -0.1) is 10.2 Å². The van der Waals surface area contributed by atoms with Crippen LogP contribution < -0.4 is 10.1 Å². The first-order valence-electron chi connectivity index (χ1n) is 11.1. The zero-order valence-corrected chi connectivity index (χ0v) is 17.5. The van der Waals surface area contributed by atoms with Gasteiger partial charge in [0.2, 0.25) is 0 Å². The number of nitrogens with zero attached hydrogens (tertiary/aromatic N) is 4. The summed E-state index contributed by atoms with van der Waals surface area (Å²) in [5.74, 6) is 0.478. The number of rotatable bonds is 3. The van der Waals surface area contributed by atoms with Crippen molar-refractivity contribution in [2.45, 2.75) is 43.9 Å². The van der Waals surface area contributed by atoms with Gasteiger partial charge in [-0.05, 0) is 43.0 Å². The number of imidazole rings is 1. The Hall–Kier alpha value is -3.26. The highest BCUT2D eigenvalue weighted by molar-refractivity contribution is 5.75. The Morgan fingerprint density at radius 3 is 2.97 bits per heavy atom. The third kappa shape index (κ3) is 3.26. The summed E-state index contributed by atoms with van der Waals surface area (Å²) in [6.07, 6.45) is 9.99. The molecule has 32 heavy (non-hydrogen) atoms. The zero-order valence-electron chi connectivity index (χ0n) is 17.5. The lowest BCUT2D eigenvalue weighted by molar-refractivity contribution is 0.0974. The van der Waals surface area contributed by atoms with Crippen molar-refractivity contribution in [3.8, 4) is 28.4 Å². The summed E-state index contributed by atoms with van der Waals surface area (Å²) in [5, 5.41) is 22.9. The van der Waals surface area contributed by atoms with Crippen LogP contribution in [0.25, 0.3) is 22.5 Å². The number of piperidine rings is 2. The number of alkyl halides is 1. The molecule has 3 aromatic rings. The molecule has 2 bridgehead atoms. The van der Waals surface area contributed by atoms with Crippen molar-refractivity contribution in [2.24, 2.45) is 5.92 Å². The van der Waals surface area contributed by atoms with E-state index >= 15 is 4.39 Å². The maximum atomic E-state index is 15.3. The van der Waals surface area contributed by atoms with Crippen LogP contribution in [0, 0.1) is 5.92 Å². The molecule has 0 aliphatic carbocycles. The molecule has 0 amide bonds. The van der Waals surface area contributed by atoms with Crippen molar-refractivity contribution in [3.63, 3.8) is 0 Å². The molecule has 0 saturated carbocycles. The minimum absolute atomic E-state index is 0.0853. The molecule has 8 heteroatoms. The number of halogens is 1. The van der Waals surface area contributed by atoms with Gasteiger partial charge in [0.1, 0.15) is 35.7 Å². The van der Waals surface area contributed by atoms with E-state index in [1.165, 1.54) is 0 Å². The molecular weight excluding hydrogens is 409 g/mol. The summed E-state index contributed by atoms with van der Waals surface area (Å²) in [4.78, 5) is 4.03. The fourth-order valence-electron chi connectivity index (χ4n) is 5.28. The van der Waals surface area contributed by atoms with Crippen LogP contribution in [0.15, 0.2) is 49.1 Å². The van der Waals surface area contributed by atoms with E-state index in [0.717, 1.165) is 36.9 Å². The largest absolute Gasteiger partial charge is 0.507 e. The standard InChI is InChI=1S/C24H24FN5O2/c25-23-18(10-14-2-1-3-19(23)27-14)16-6-9-32-22-12-20(28-29-24(16)22)17-5-4-15(11-21(17)31)30-8-7-26-13-30/h4-8,11-14,18-19,23,27,31H,1-3,9-10H2/t14-,18+,19?,23-/m0/s1. The van der Waals surface area contributed by atoms with Crippen molar-refractivity contribution < 1.29 is 14.2 Å². The molecule has 0 spiro atoms. The van der Waals surface area contributed by atoms with Gasteiger partial charge in [-0.25, -0.2) is 9.37 Å². The quantitative estimate of drug-likeness (QED) is 0.656. The third-order valence-corrected chi connectivity index (χ3v) is 6.86. The predicted octanol–water partition coefficient (Wildman–Crippen LogP) is 3.68. The highest BCUT2D eigenvalue weighted by Gasteiger charge is 2.42. The van der Waals surface area contributed by atoms with E-state index in [1.807, 2.05) is 22.9 Å². The van der Waals surface area contributed by atoms with Crippen molar-refractivity contribution in [1.82, 2.24) is 25.1 Å². The molecule has 0 radical (unpaired) electrons. The Labute approximate surface area is 185 Å². The minimum atomic E-state index is -0.940. The Balaban J connectivity index is 1.31. The molecule has 5 heterocycles. The van der Waals surface area contributed by atoms with Crippen LogP contribution in [0.4, 0.5) is 4.39 Å². The second-order valence-corrected chi connectivity index (χ2v) is 8.77. The first-order chi connectivity index (χ1) is 15.7. The number of hydrogen-bond donors (Lipinski definition) is 2. The molecule has 2 N–H and O–H groups in total. The zero-order chi connectivity index (χ0) is 21.7. The molecule has 4 atom stereocenters. The Morgan fingerprint density at radius 2 is 2.12 bits per heavy atom. The highest BCUT2D eigenvalue weighted by atomic mass is 19.1. The Bertz CT molecular complexity index is 1180. The van der Waals surface area contributed by atoms with Crippen molar-refractivity contribution in [3.05, 3.63) is 54.8 Å². The van der Waals surface area contributed by atoms with Gasteiger partial charge in [0, 0.05) is 48.1 Å². The molecule has 1 unspecified atom stereocenters. The smallest absolute Gasteiger partial charge is 0.149 e. The molecular formula is C24H24FN5O2. The second-order valence-electron chi connectivity index (χ2n) is 8.77. The van der Waals surface area contributed by atoms with Crippen LogP contribution >= 0.6 is 0 Å². The lowest BCUT2D eigenvalue weighted by Gasteiger charge is -2.44. The van der Waals surface area contributed by atoms with Gasteiger partial charge in [0.15, 0.2) is 0 Å². The van der Waals surface area contributed by atoms with Gasteiger partial charge in [-0.3, -0.25) is 0 Å². The third-order valence-electron chi connectivity index (χ3n) is 6.86. The molecule has 2 saturated heterocycles. The number of phenols is 1. The number of hydrogen-bond acceptors (Lipinski definition) is 6. The number of phenolic OH excluding ortho intramolecular Hbond substituents is 1. The van der Waals surface area contributed by atoms with Gasteiger partial charge < -0.3 is 19.7 Å². The van der Waals surface area contributed by atoms with Crippen LogP contribution in [-0.2, 0) is 0 Å². The fraction of sp³-hybridized carbons (Fsp3) is 0.375. The first kappa shape index (κ1) is 19.4. The summed E-state index contributed by atoms with van der Waals surface area (Å²) < 4.78 is 23.0. The molecule has 1 aromatic carbocycles. The van der Waals surface area contributed by atoms with Gasteiger partial charge in [-0.1, -0.05) is 6.42 Å². The van der Waals surface area contributed by atoms with E-state index < -0.39 is 6.17 Å². The minimum Gasteiger partial charge on any atom is -0.507 e. The summed E-state index contributed by atoms with van der Waals surface area (Å²) in [7, 11) is 0. The van der Waals surface area contributed by atoms with Gasteiger partial charge >= 0.3 is 0 Å². The predicted molar refractivity (Wildman–Crippen MR) is 117 cm³/mol. The van der Waals surface area contributed by atoms with Crippen molar-refractivity contribution >= 4 is 5.57 Å². The van der Waals surface area contributed by atoms with Crippen molar-refractivity contribution in [2.75, 3.05) is 6.61 Å². The number of benzene rings is 1. The monoisotopic (exact) mass is 433 g/mol. The van der Waals surface area contributed by atoms with Crippen LogP contribution in [0.1, 0.15) is 31.4 Å². The fourth-order valence-corrected chi connectivity index (χ4v) is 5.28. The molecule has 2 fully saturated rings. The van der Waals surface area contributed by atoms with Gasteiger partial charge in [-0.2, -0.15) is 0 Å². The van der Waals surface area contributed by atoms with Gasteiger partial charge in [0.25, 0.3) is 0 Å². The van der Waals surface area contributed by atoms with Crippen LogP contribution in [0.5, 0.6) is 11.5 Å². The Morgan fingerprint density at radius 1 is 1.19 bits per heavy atom. The summed E-state index contributed by atoms with van der Waals surface area (Å²) in [6.45, 7) is 0.380. The van der Waals surface area contributed by atoms with Crippen LogP contribution in [0.2, 0.25) is 0 Å². The first-order valence-corrected chi connectivity index (χ1v) is 11.1. The topological polar surface area (TPSA) is 85.1 Å². The number of nitrogens with one attached hydrogen (secondary N) is 1. The molecule has 3 aliphatic rings. The van der Waals surface area contributed by atoms with E-state index in [0.29, 0.717) is 35.3 Å². The number of allylic oxidation sites excluding steroid dienone is 1. The van der Waals surface area contributed by atoms with Gasteiger partial charge in [0.05, 0.1) is 12.0 Å². The maximum absolute atomic E-state index is 15.3. The lowest BCUT2D eigenvalue weighted by atomic mass is 9.74. The summed E-state index contributed by atoms with van der Waals surface area (Å²) >= 11 is 0. The maximum Gasteiger partial charge on any atom is 0.149 e. The van der Waals surface area contributed by atoms with E-state index in [2.05, 4.69) is 20.5 Å². The number of fused-ring (bicyclic) bond motifs is 3. The number of aromatic hydroxyl groups is 1. The normalized spacial score (nSPS) is 26.7. The average Bonchev–Trinajstić information content (AvgIpc) is 3.36. The summed E-state index contributed by atoms with van der Waals surface area (Å²) in [5.41, 5.74) is 3.38. The SMILES string of the molecule is Oc1cc(-n2ccnc2)ccc1-c1cc2c(nn1)C([C@H]1C[C@@H]3CCCC(N3)[C@H]1F)=CCO2. The van der Waals surface area contributed by atoms with Crippen molar-refractivity contribution in [1.29, 1.82) is 0 Å². The Kier molecular flexibility index (Phi) is 4.68. The van der Waals surface area contributed by atoms with E-state index in [9.17, 15) is 5.11 Å². The van der Waals surface area contributed by atoms with E-state index in [-0.39, 0.29) is 17.7 Å². The molecule has 2 aromatic heterocycles. The van der Waals surface area contributed by atoms with E-state index in [1.54, 1.807) is 30.7 Å². The average molecular weight is 433 g/mol. The van der Waals surface area contributed by atoms with E-state index in [4.69, 9.17) is 4.74 Å². The highest BCUT2D eigenvalue weighted by Crippen LogP contribution is 2.43. The molecule has 164 valence electrons. The lowest BCUT2D eigenvalue weighted by Crippen LogP contribution is -2.55.